The van der Waals surface area contributed by atoms with E-state index in [1.54, 1.807) is 0 Å². The van der Waals surface area contributed by atoms with Gasteiger partial charge in [-0.2, -0.15) is 0 Å². The molecule has 0 aromatic carbocycles. The average molecular weight is 149 g/mol. The van der Waals surface area contributed by atoms with E-state index in [0.717, 1.165) is 12.6 Å². The van der Waals surface area contributed by atoms with Crippen LogP contribution in [0.1, 0.15) is 19.3 Å². The maximum atomic E-state index is 9.56. The van der Waals surface area contributed by atoms with Gasteiger partial charge in [0.2, 0.25) is 0 Å². The minimum Gasteiger partial charge on any atom is -0.303 e. The fraction of sp³-hybridized carbons (Fsp3) is 0.500. The Hall–Kier alpha value is -0.170. The molecule has 0 aromatic rings. The molecule has 0 unspecified atom stereocenters. The zero-order valence-electron chi connectivity index (χ0n) is 6.04. The van der Waals surface area contributed by atoms with E-state index in [-0.39, 0.29) is 0 Å². The van der Waals surface area contributed by atoms with Crippen molar-refractivity contribution >= 4 is 40.5 Å². The molecule has 0 fully saturated rings. The molecule has 0 aliphatic rings. The summed E-state index contributed by atoms with van der Waals surface area (Å²) in [6, 6.07) is 0. The summed E-state index contributed by atoms with van der Waals surface area (Å²) in [7, 11) is 0. The van der Waals surface area contributed by atoms with Gasteiger partial charge in [0, 0.05) is 12.8 Å². The number of nitrogens with zero attached hydrogens (tertiary/aromatic N) is 1. The van der Waals surface area contributed by atoms with Crippen molar-refractivity contribution in [1.82, 2.24) is 0 Å². The fourth-order valence-corrected chi connectivity index (χ4v) is 0.285. The summed E-state index contributed by atoms with van der Waals surface area (Å²) in [6.45, 7) is 0. The van der Waals surface area contributed by atoms with Crippen LogP contribution in [-0.2, 0) is 9.59 Å². The summed E-state index contributed by atoms with van der Waals surface area (Å²) in [6.07, 6.45) is 3.37. The van der Waals surface area contributed by atoms with Gasteiger partial charge in [-0.1, -0.05) is 0 Å². The molecule has 0 aliphatic carbocycles. The van der Waals surface area contributed by atoms with Crippen LogP contribution in [0.5, 0.6) is 0 Å². The van der Waals surface area contributed by atoms with Crippen molar-refractivity contribution in [2.24, 2.45) is 0 Å². The molecule has 0 amide bonds. The second-order valence-corrected chi connectivity index (χ2v) is 1.94. The van der Waals surface area contributed by atoms with Crippen molar-refractivity contribution in [3.8, 4) is 3.32 Å². The van der Waals surface area contributed by atoms with Crippen molar-refractivity contribution < 1.29 is 9.59 Å². The third-order valence-electron chi connectivity index (χ3n) is 0.644. The summed E-state index contributed by atoms with van der Waals surface area (Å²) in [5.41, 5.74) is 0. The molecule has 0 radical (unpaired) electrons. The smallest absolute Gasteiger partial charge is 0.120 e. The Morgan fingerprint density at radius 3 is 1.80 bits per heavy atom. The summed E-state index contributed by atoms with van der Waals surface area (Å²) in [5.74, 6) is 0. The molecule has 0 bridgehead atoms. The first-order valence-electron chi connectivity index (χ1n) is 3.01. The first-order chi connectivity index (χ1) is 4.83. The molecule has 4 heteroatoms. The van der Waals surface area contributed by atoms with Crippen LogP contribution < -0.4 is 0 Å². The third-order valence-corrected chi connectivity index (χ3v) is 0.644. The van der Waals surface area contributed by atoms with Gasteiger partial charge in [0.05, 0.1) is 0 Å². The molecule has 3 nitrogen and oxygen atoms in total. The Labute approximate surface area is 77.8 Å². The summed E-state index contributed by atoms with van der Waals surface area (Å²) in [5, 5.41) is 7.38. The van der Waals surface area contributed by atoms with E-state index in [0.29, 0.717) is 47.2 Å². The van der Waals surface area contributed by atoms with Crippen molar-refractivity contribution in [3.05, 3.63) is 0 Å². The summed E-state index contributed by atoms with van der Waals surface area (Å²) in [4.78, 5) is 19.1. The molecular weight excluding hydrogens is 141 g/mol. The Balaban J connectivity index is 0. The normalized spacial score (nSPS) is 6.50. The van der Waals surface area contributed by atoms with Gasteiger partial charge in [-0.3, -0.25) is 0 Å². The van der Waals surface area contributed by atoms with Crippen molar-refractivity contribution in [1.29, 1.82) is 5.26 Å². The van der Waals surface area contributed by atoms with Gasteiger partial charge in [0.25, 0.3) is 0 Å². The van der Waals surface area contributed by atoms with Gasteiger partial charge in [-0.25, -0.2) is 0 Å². The van der Waals surface area contributed by atoms with Crippen LogP contribution in [-0.4, -0.2) is 40.5 Å². The second kappa shape index (κ2) is 15.9. The fourth-order valence-electron chi connectivity index (χ4n) is 0.285. The summed E-state index contributed by atoms with van der Waals surface area (Å²) >= 11 is 0.674. The maximum Gasteiger partial charge on any atom is 0.120 e. The Morgan fingerprint density at radius 1 is 1.30 bits per heavy atom. The van der Waals surface area contributed by atoms with Gasteiger partial charge in [0.1, 0.15) is 12.6 Å². The molecule has 0 aliphatic heterocycles. The minimum atomic E-state index is 0.513. The zero-order valence-corrected chi connectivity index (χ0v) is 8.04. The molecule has 10 heavy (non-hydrogen) atoms. The molecule has 0 aromatic heterocycles. The molecule has 0 saturated heterocycles. The summed E-state index contributed by atoms with van der Waals surface area (Å²) < 4.78 is 1.89. The number of aldehydes is 2. The Kier molecular flexibility index (Phi) is 19.9. The van der Waals surface area contributed by atoms with Crippen LogP contribution in [0.2, 0.25) is 0 Å². The number of hydrogen-bond donors (Lipinski definition) is 0. The zero-order chi connectivity index (χ0) is 8.24. The van der Waals surface area contributed by atoms with E-state index in [4.69, 9.17) is 5.26 Å². The van der Waals surface area contributed by atoms with Gasteiger partial charge < -0.3 is 9.59 Å². The number of unbranched alkanes of at least 4 members (excludes halogenated alkanes) is 2. The molecule has 0 saturated carbocycles. The number of nitriles is 1. The predicted molar refractivity (Wildman–Crippen MR) is 37.3 cm³/mol. The van der Waals surface area contributed by atoms with E-state index in [1.165, 1.54) is 0 Å². The maximum absolute atomic E-state index is 9.56. The van der Waals surface area contributed by atoms with Gasteiger partial charge >= 0.3 is 36.5 Å². The molecule has 0 atom stereocenters. The molecule has 0 N–H and O–H groups in total. The standard InChI is InChI=1S/C5H8O2.CN.Na/c6-4-2-1-3-5-7;1-2;/h4-5H,1-3H2;;. The predicted octanol–water partition coefficient (Wildman–Crippen LogP) is 0.190. The first kappa shape index (κ1) is 12.5. The number of carbonyl (C=O) groups excluding carboxylic acids is 2. The molecule has 0 heterocycles. The average Bonchev–Trinajstić information content (AvgIpc) is 1.91. The van der Waals surface area contributed by atoms with E-state index in [2.05, 4.69) is 0 Å². The van der Waals surface area contributed by atoms with Crippen molar-refractivity contribution in [2.75, 3.05) is 0 Å². The first-order valence-corrected chi connectivity index (χ1v) is 4.01. The van der Waals surface area contributed by atoms with Crippen molar-refractivity contribution in [3.63, 3.8) is 0 Å². The SMILES string of the molecule is N#[C][Na].O=CCCCC=O. The third kappa shape index (κ3) is 24.9. The van der Waals surface area contributed by atoms with E-state index >= 15 is 0 Å². The van der Waals surface area contributed by atoms with Crippen LogP contribution in [0.4, 0.5) is 0 Å². The van der Waals surface area contributed by atoms with E-state index < -0.39 is 0 Å². The van der Waals surface area contributed by atoms with Crippen LogP contribution >= 0.6 is 0 Å². The van der Waals surface area contributed by atoms with Gasteiger partial charge in [0.15, 0.2) is 0 Å². The van der Waals surface area contributed by atoms with E-state index in [9.17, 15) is 9.59 Å². The van der Waals surface area contributed by atoms with Crippen LogP contribution in [0, 0.1) is 8.58 Å². The second-order valence-electron chi connectivity index (χ2n) is 1.49. The topological polar surface area (TPSA) is 57.9 Å². The van der Waals surface area contributed by atoms with Crippen LogP contribution in [0.15, 0.2) is 0 Å². The van der Waals surface area contributed by atoms with Gasteiger partial charge in [-0.15, -0.1) is 0 Å². The molecule has 0 rings (SSSR count). The molecular formula is C6H8NNaO2. The quantitative estimate of drug-likeness (QED) is 0.325. The monoisotopic (exact) mass is 149 g/mol. The minimum absolute atomic E-state index is 0.513. The molecule has 50 valence electrons. The Bertz CT molecular complexity index is 111. The largest absolute Gasteiger partial charge is 0.303 e. The van der Waals surface area contributed by atoms with Gasteiger partial charge in [-0.05, 0) is 6.42 Å². The number of carbonyl (C=O) groups is 2. The number of rotatable bonds is 4. The van der Waals surface area contributed by atoms with E-state index in [1.807, 2.05) is 3.32 Å². The van der Waals surface area contributed by atoms with Crippen molar-refractivity contribution in [2.45, 2.75) is 19.3 Å². The number of hydrogen-bond acceptors (Lipinski definition) is 3. The molecule has 0 spiro atoms. The van der Waals surface area contributed by atoms with Crippen LogP contribution in [0.3, 0.4) is 0 Å². The Morgan fingerprint density at radius 2 is 1.60 bits per heavy atom. The van der Waals surface area contributed by atoms with Crippen LogP contribution in [0.25, 0.3) is 0 Å².